The zero-order valence-electron chi connectivity index (χ0n) is 17.3. The standard InChI is InChI=1S/C22H28N2O4S/c1-15(18-9-8-17-6-5-7-19(17)14-18)23-22(25)16(2)24(29(4,26)27)20-10-12-21(28-3)13-11-20/h8-16H,5-7H2,1-4H3,(H,23,25)/t15-,16-/m1/s1. The van der Waals surface area contributed by atoms with Gasteiger partial charge in [-0.3, -0.25) is 9.10 Å². The number of ether oxygens (including phenoxy) is 1. The number of nitrogens with one attached hydrogen (secondary N) is 1. The van der Waals surface area contributed by atoms with Gasteiger partial charge in [0.1, 0.15) is 11.8 Å². The number of aryl methyl sites for hydroxylation is 2. The third kappa shape index (κ3) is 4.72. The fourth-order valence-electron chi connectivity index (χ4n) is 3.82. The first-order valence-corrected chi connectivity index (χ1v) is 11.6. The lowest BCUT2D eigenvalue weighted by molar-refractivity contribution is -0.122. The lowest BCUT2D eigenvalue weighted by Gasteiger charge is -2.29. The molecule has 0 saturated heterocycles. The van der Waals surface area contributed by atoms with Crippen LogP contribution in [0, 0.1) is 0 Å². The van der Waals surface area contributed by atoms with E-state index < -0.39 is 16.1 Å². The van der Waals surface area contributed by atoms with Crippen molar-refractivity contribution >= 4 is 21.6 Å². The number of carbonyl (C=O) groups excluding carboxylic acids is 1. The normalized spacial score (nSPS) is 15.3. The molecule has 0 spiro atoms. The van der Waals surface area contributed by atoms with Crippen molar-refractivity contribution in [1.82, 2.24) is 5.32 Å². The Balaban J connectivity index is 1.78. The molecule has 156 valence electrons. The van der Waals surface area contributed by atoms with Gasteiger partial charge in [-0.25, -0.2) is 8.42 Å². The maximum atomic E-state index is 12.9. The molecule has 0 saturated carbocycles. The van der Waals surface area contributed by atoms with E-state index in [-0.39, 0.29) is 11.9 Å². The van der Waals surface area contributed by atoms with E-state index in [2.05, 4.69) is 17.4 Å². The molecule has 0 aliphatic heterocycles. The summed E-state index contributed by atoms with van der Waals surface area (Å²) in [7, 11) is -2.12. The number of rotatable bonds is 7. The van der Waals surface area contributed by atoms with Crippen LogP contribution in [-0.4, -0.2) is 33.7 Å². The van der Waals surface area contributed by atoms with Gasteiger partial charge in [-0.15, -0.1) is 0 Å². The quantitative estimate of drug-likeness (QED) is 0.752. The number of anilines is 1. The number of nitrogens with zero attached hydrogens (tertiary/aromatic N) is 1. The van der Waals surface area contributed by atoms with Gasteiger partial charge in [0.05, 0.1) is 25.1 Å². The third-order valence-corrected chi connectivity index (χ3v) is 6.64. The van der Waals surface area contributed by atoms with Gasteiger partial charge in [-0.05, 0) is 74.1 Å². The lowest BCUT2D eigenvalue weighted by Crippen LogP contribution is -2.48. The van der Waals surface area contributed by atoms with Crippen LogP contribution in [0.4, 0.5) is 5.69 Å². The Bertz CT molecular complexity index is 986. The molecule has 1 aliphatic carbocycles. The fourth-order valence-corrected chi connectivity index (χ4v) is 4.99. The maximum Gasteiger partial charge on any atom is 0.244 e. The second kappa shape index (κ2) is 8.45. The molecule has 1 aliphatic rings. The van der Waals surface area contributed by atoms with Gasteiger partial charge >= 0.3 is 0 Å². The van der Waals surface area contributed by atoms with Crippen molar-refractivity contribution in [3.05, 3.63) is 59.2 Å². The molecule has 0 heterocycles. The highest BCUT2D eigenvalue weighted by atomic mass is 32.2. The number of carbonyl (C=O) groups is 1. The first kappa shape index (κ1) is 21.2. The van der Waals surface area contributed by atoms with Gasteiger partial charge in [-0.1, -0.05) is 18.2 Å². The Morgan fingerprint density at radius 3 is 2.34 bits per heavy atom. The fraction of sp³-hybridized carbons (Fsp3) is 0.409. The minimum Gasteiger partial charge on any atom is -0.497 e. The second-order valence-electron chi connectivity index (χ2n) is 7.54. The number of benzene rings is 2. The molecule has 7 heteroatoms. The molecule has 1 amide bonds. The van der Waals surface area contributed by atoms with Gasteiger partial charge in [0.25, 0.3) is 0 Å². The molecule has 6 nitrogen and oxygen atoms in total. The van der Waals surface area contributed by atoms with Crippen molar-refractivity contribution in [1.29, 1.82) is 0 Å². The molecular formula is C22H28N2O4S. The summed E-state index contributed by atoms with van der Waals surface area (Å²) in [6.45, 7) is 3.51. The first-order valence-electron chi connectivity index (χ1n) is 9.76. The van der Waals surface area contributed by atoms with Crippen LogP contribution in [0.2, 0.25) is 0 Å². The molecule has 2 atom stereocenters. The molecule has 0 bridgehead atoms. The number of sulfonamides is 1. The highest BCUT2D eigenvalue weighted by Crippen LogP contribution is 2.27. The van der Waals surface area contributed by atoms with Crippen LogP contribution in [0.25, 0.3) is 0 Å². The highest BCUT2D eigenvalue weighted by molar-refractivity contribution is 7.92. The summed E-state index contributed by atoms with van der Waals surface area (Å²) in [6, 6.07) is 11.8. The third-order valence-electron chi connectivity index (χ3n) is 5.40. The minimum atomic E-state index is -3.66. The smallest absolute Gasteiger partial charge is 0.244 e. The van der Waals surface area contributed by atoms with Crippen LogP contribution in [0.15, 0.2) is 42.5 Å². The van der Waals surface area contributed by atoms with Crippen molar-refractivity contribution in [3.63, 3.8) is 0 Å². The molecule has 3 rings (SSSR count). The number of methoxy groups -OCH3 is 1. The summed E-state index contributed by atoms with van der Waals surface area (Å²) in [6.07, 6.45) is 4.45. The number of amides is 1. The van der Waals surface area contributed by atoms with Crippen LogP contribution in [0.5, 0.6) is 5.75 Å². The van der Waals surface area contributed by atoms with E-state index in [1.807, 2.05) is 13.0 Å². The average Bonchev–Trinajstić information content (AvgIpc) is 3.15. The Labute approximate surface area is 172 Å². The van der Waals surface area contributed by atoms with Crippen molar-refractivity contribution in [3.8, 4) is 5.75 Å². The van der Waals surface area contributed by atoms with Gasteiger partial charge in [-0.2, -0.15) is 0 Å². The van der Waals surface area contributed by atoms with Crippen LogP contribution in [0.3, 0.4) is 0 Å². The molecule has 2 aromatic rings. The van der Waals surface area contributed by atoms with Crippen LogP contribution < -0.4 is 14.4 Å². The van der Waals surface area contributed by atoms with Crippen molar-refractivity contribution in [2.75, 3.05) is 17.7 Å². The van der Waals surface area contributed by atoms with Gasteiger partial charge in [0, 0.05) is 0 Å². The van der Waals surface area contributed by atoms with E-state index in [4.69, 9.17) is 4.74 Å². The largest absolute Gasteiger partial charge is 0.497 e. The van der Waals surface area contributed by atoms with Gasteiger partial charge in [0.2, 0.25) is 15.9 Å². The Morgan fingerprint density at radius 2 is 1.72 bits per heavy atom. The minimum absolute atomic E-state index is 0.215. The second-order valence-corrected chi connectivity index (χ2v) is 9.40. The Morgan fingerprint density at radius 1 is 1.07 bits per heavy atom. The Kier molecular flexibility index (Phi) is 6.17. The Hall–Kier alpha value is -2.54. The molecule has 0 radical (unpaired) electrons. The molecule has 1 N–H and O–H groups in total. The molecule has 29 heavy (non-hydrogen) atoms. The zero-order chi connectivity index (χ0) is 21.2. The lowest BCUT2D eigenvalue weighted by atomic mass is 10.0. The van der Waals surface area contributed by atoms with E-state index >= 15 is 0 Å². The van der Waals surface area contributed by atoms with Crippen LogP contribution in [-0.2, 0) is 27.7 Å². The van der Waals surface area contributed by atoms with Crippen molar-refractivity contribution in [2.45, 2.75) is 45.2 Å². The summed E-state index contributed by atoms with van der Waals surface area (Å²) in [4.78, 5) is 12.9. The summed E-state index contributed by atoms with van der Waals surface area (Å²) in [5.74, 6) is 0.267. The van der Waals surface area contributed by atoms with E-state index in [1.165, 1.54) is 17.5 Å². The van der Waals surface area contributed by atoms with Crippen molar-refractivity contribution in [2.24, 2.45) is 0 Å². The first-order chi connectivity index (χ1) is 13.7. The SMILES string of the molecule is COc1ccc(N([C@H](C)C(=O)N[C@H](C)c2ccc3c(c2)CCC3)S(C)(=O)=O)cc1. The average molecular weight is 417 g/mol. The molecule has 0 aromatic heterocycles. The van der Waals surface area contributed by atoms with E-state index in [0.29, 0.717) is 11.4 Å². The van der Waals surface area contributed by atoms with Crippen LogP contribution in [0.1, 0.15) is 43.0 Å². The summed E-state index contributed by atoms with van der Waals surface area (Å²) in [5.41, 5.74) is 4.17. The monoisotopic (exact) mass is 416 g/mol. The molecular weight excluding hydrogens is 388 g/mol. The van der Waals surface area contributed by atoms with E-state index in [0.717, 1.165) is 29.0 Å². The van der Waals surface area contributed by atoms with Crippen molar-refractivity contribution < 1.29 is 17.9 Å². The number of hydrogen-bond donors (Lipinski definition) is 1. The maximum absolute atomic E-state index is 12.9. The molecule has 0 fully saturated rings. The summed E-state index contributed by atoms with van der Waals surface area (Å²) in [5, 5.41) is 2.96. The summed E-state index contributed by atoms with van der Waals surface area (Å²) >= 11 is 0. The van der Waals surface area contributed by atoms with E-state index in [9.17, 15) is 13.2 Å². The zero-order valence-corrected chi connectivity index (χ0v) is 18.1. The van der Waals surface area contributed by atoms with Gasteiger partial charge < -0.3 is 10.1 Å². The topological polar surface area (TPSA) is 75.7 Å². The predicted molar refractivity (Wildman–Crippen MR) is 115 cm³/mol. The molecule has 2 aromatic carbocycles. The van der Waals surface area contributed by atoms with Crippen LogP contribution >= 0.6 is 0 Å². The number of hydrogen-bond acceptors (Lipinski definition) is 4. The predicted octanol–water partition coefficient (Wildman–Crippen LogP) is 3.22. The molecule has 0 unspecified atom stereocenters. The van der Waals surface area contributed by atoms with E-state index in [1.54, 1.807) is 38.3 Å². The van der Waals surface area contributed by atoms with Gasteiger partial charge in [0.15, 0.2) is 0 Å². The summed E-state index contributed by atoms with van der Waals surface area (Å²) < 4.78 is 31.1. The number of fused-ring (bicyclic) bond motifs is 1. The highest BCUT2D eigenvalue weighted by Gasteiger charge is 2.30.